The highest BCUT2D eigenvalue weighted by atomic mass is 19.1. The first kappa shape index (κ1) is 25.5. The molecule has 35 heavy (non-hydrogen) atoms. The quantitative estimate of drug-likeness (QED) is 0.613. The number of hydrogen-bond acceptors (Lipinski definition) is 4. The van der Waals surface area contributed by atoms with Crippen molar-refractivity contribution in [2.75, 3.05) is 39.3 Å². The van der Waals surface area contributed by atoms with Crippen molar-refractivity contribution in [1.82, 2.24) is 9.80 Å². The molecule has 190 valence electrons. The van der Waals surface area contributed by atoms with Crippen LogP contribution >= 0.6 is 0 Å². The fraction of sp³-hybridized carbons (Fsp3) is 0.519. The Morgan fingerprint density at radius 1 is 1.06 bits per heavy atom. The Hall–Kier alpha value is -2.58. The maximum absolute atomic E-state index is 14.8. The normalized spacial score (nSPS) is 19.8. The molecule has 1 N–H and O–H groups in total. The van der Waals surface area contributed by atoms with Gasteiger partial charge in [-0.2, -0.15) is 0 Å². The van der Waals surface area contributed by atoms with Crippen molar-refractivity contribution in [3.05, 3.63) is 53.6 Å². The molecule has 2 fully saturated rings. The molecule has 8 heteroatoms. The molecular weight excluding hydrogens is 457 g/mol. The Morgan fingerprint density at radius 3 is 2.40 bits per heavy atom. The summed E-state index contributed by atoms with van der Waals surface area (Å²) in [6.07, 6.45) is 1.69. The number of carbonyl (C=O) groups excluding carboxylic acids is 1. The molecule has 2 aliphatic rings. The van der Waals surface area contributed by atoms with Gasteiger partial charge >= 0.3 is 0 Å². The SMILES string of the molecule is CC(C)(F)CN1CCC(COc2ccc(-c3ccc(C(=O)N4CCC(O)C4)cc3F)cc2F)CC1. The summed E-state index contributed by atoms with van der Waals surface area (Å²) in [5.41, 5.74) is -0.482. The summed E-state index contributed by atoms with van der Waals surface area (Å²) in [4.78, 5) is 16.1. The van der Waals surface area contributed by atoms with Crippen molar-refractivity contribution >= 4 is 5.91 Å². The zero-order valence-corrected chi connectivity index (χ0v) is 20.3. The maximum atomic E-state index is 14.8. The molecule has 0 aromatic heterocycles. The van der Waals surface area contributed by atoms with Gasteiger partial charge in [-0.1, -0.05) is 12.1 Å². The lowest BCUT2D eigenvalue weighted by molar-refractivity contribution is 0.0764. The van der Waals surface area contributed by atoms with Crippen LogP contribution in [0.2, 0.25) is 0 Å². The number of hydrogen-bond donors (Lipinski definition) is 1. The molecule has 0 bridgehead atoms. The van der Waals surface area contributed by atoms with Gasteiger partial charge in [0.2, 0.25) is 0 Å². The Labute approximate surface area is 204 Å². The second-order valence-electron chi connectivity index (χ2n) is 10.3. The van der Waals surface area contributed by atoms with Crippen LogP contribution in [0.3, 0.4) is 0 Å². The first-order valence-electron chi connectivity index (χ1n) is 12.2. The van der Waals surface area contributed by atoms with E-state index in [1.54, 1.807) is 19.9 Å². The topological polar surface area (TPSA) is 53.0 Å². The van der Waals surface area contributed by atoms with Crippen LogP contribution in [0.1, 0.15) is 43.5 Å². The summed E-state index contributed by atoms with van der Waals surface area (Å²) in [6, 6.07) is 8.47. The second kappa shape index (κ2) is 10.6. The average molecular weight is 491 g/mol. The summed E-state index contributed by atoms with van der Waals surface area (Å²) in [5, 5.41) is 9.62. The molecular formula is C27H33F3N2O3. The van der Waals surface area contributed by atoms with Crippen molar-refractivity contribution in [3.8, 4) is 16.9 Å². The van der Waals surface area contributed by atoms with Crippen LogP contribution in [0.4, 0.5) is 13.2 Å². The Balaban J connectivity index is 1.35. The van der Waals surface area contributed by atoms with Gasteiger partial charge in [0.1, 0.15) is 11.5 Å². The predicted octanol–water partition coefficient (Wildman–Crippen LogP) is 4.68. The standard InChI is InChI=1S/C27H33F3N2O3/c1-27(2,30)17-31-10-7-18(8-11-31)16-35-25-6-4-19(13-24(25)29)22-5-3-20(14-23(22)28)26(34)32-12-9-21(33)15-32/h3-6,13-14,18,21,33H,7-12,15-17H2,1-2H3. The number of alkyl halides is 1. The molecule has 4 rings (SSSR count). The molecule has 2 aromatic carbocycles. The van der Waals surface area contributed by atoms with E-state index in [-0.39, 0.29) is 35.2 Å². The lowest BCUT2D eigenvalue weighted by atomic mass is 9.96. The first-order chi connectivity index (χ1) is 16.6. The van der Waals surface area contributed by atoms with Crippen LogP contribution in [0.25, 0.3) is 11.1 Å². The number of carbonyl (C=O) groups is 1. The van der Waals surface area contributed by atoms with Gasteiger partial charge < -0.3 is 19.6 Å². The van der Waals surface area contributed by atoms with Crippen LogP contribution in [0.15, 0.2) is 36.4 Å². The Kier molecular flexibility index (Phi) is 7.71. The minimum absolute atomic E-state index is 0.112. The molecule has 2 aromatic rings. The molecule has 2 saturated heterocycles. The van der Waals surface area contributed by atoms with Gasteiger partial charge in [-0.05, 0) is 81.9 Å². The Morgan fingerprint density at radius 2 is 1.80 bits per heavy atom. The number of aliphatic hydroxyl groups excluding tert-OH is 1. The Bertz CT molecular complexity index is 1050. The van der Waals surface area contributed by atoms with E-state index in [4.69, 9.17) is 4.74 Å². The van der Waals surface area contributed by atoms with Crippen LogP contribution in [-0.4, -0.2) is 71.9 Å². The van der Waals surface area contributed by atoms with E-state index in [2.05, 4.69) is 4.90 Å². The molecule has 0 radical (unpaired) electrons. The van der Waals surface area contributed by atoms with E-state index < -0.39 is 23.4 Å². The number of aliphatic hydroxyl groups is 1. The van der Waals surface area contributed by atoms with Crippen LogP contribution in [-0.2, 0) is 0 Å². The minimum atomic E-state index is -1.22. The number of amides is 1. The number of ether oxygens (including phenoxy) is 1. The zero-order chi connectivity index (χ0) is 25.2. The average Bonchev–Trinajstić information content (AvgIpc) is 3.24. The monoisotopic (exact) mass is 490 g/mol. The second-order valence-corrected chi connectivity index (χ2v) is 10.3. The molecule has 2 heterocycles. The van der Waals surface area contributed by atoms with E-state index in [0.717, 1.165) is 32.0 Å². The van der Waals surface area contributed by atoms with Gasteiger partial charge in [-0.25, -0.2) is 13.2 Å². The number of piperidine rings is 1. The van der Waals surface area contributed by atoms with E-state index in [9.17, 15) is 23.1 Å². The molecule has 0 saturated carbocycles. The van der Waals surface area contributed by atoms with Crippen LogP contribution < -0.4 is 4.74 Å². The lowest BCUT2D eigenvalue weighted by Crippen LogP contribution is -2.41. The molecule has 1 atom stereocenters. The first-order valence-corrected chi connectivity index (χ1v) is 12.2. The maximum Gasteiger partial charge on any atom is 0.254 e. The number of nitrogens with zero attached hydrogens (tertiary/aromatic N) is 2. The molecule has 0 aliphatic carbocycles. The van der Waals surface area contributed by atoms with Gasteiger partial charge in [-0.15, -0.1) is 0 Å². The fourth-order valence-electron chi connectivity index (χ4n) is 4.83. The van der Waals surface area contributed by atoms with Crippen molar-refractivity contribution in [2.45, 2.75) is 44.9 Å². The third-order valence-electron chi connectivity index (χ3n) is 6.69. The summed E-state index contributed by atoms with van der Waals surface area (Å²) in [7, 11) is 0. The smallest absolute Gasteiger partial charge is 0.254 e. The van der Waals surface area contributed by atoms with Crippen molar-refractivity contribution < 1.29 is 27.8 Å². The minimum Gasteiger partial charge on any atom is -0.490 e. The van der Waals surface area contributed by atoms with E-state index in [1.807, 2.05) is 0 Å². The number of β-amino-alcohol motifs (C(OH)–C–C–N with tert-alkyl or cyclic N) is 1. The lowest BCUT2D eigenvalue weighted by Gasteiger charge is -2.34. The largest absolute Gasteiger partial charge is 0.490 e. The van der Waals surface area contributed by atoms with E-state index in [1.165, 1.54) is 29.2 Å². The molecule has 5 nitrogen and oxygen atoms in total. The van der Waals surface area contributed by atoms with Gasteiger partial charge in [0.25, 0.3) is 5.91 Å². The van der Waals surface area contributed by atoms with Crippen LogP contribution in [0, 0.1) is 17.6 Å². The van der Waals surface area contributed by atoms with Gasteiger partial charge in [0, 0.05) is 30.8 Å². The summed E-state index contributed by atoms with van der Waals surface area (Å²) < 4.78 is 49.1. The van der Waals surface area contributed by atoms with E-state index >= 15 is 0 Å². The highest BCUT2D eigenvalue weighted by Gasteiger charge is 2.27. The van der Waals surface area contributed by atoms with Gasteiger partial charge in [-0.3, -0.25) is 4.79 Å². The fourth-order valence-corrected chi connectivity index (χ4v) is 4.83. The third-order valence-corrected chi connectivity index (χ3v) is 6.69. The number of halogens is 3. The number of benzene rings is 2. The molecule has 2 aliphatic heterocycles. The summed E-state index contributed by atoms with van der Waals surface area (Å²) in [5.74, 6) is -1.15. The molecule has 1 unspecified atom stereocenters. The number of rotatable bonds is 7. The number of likely N-dealkylation sites (tertiary alicyclic amines) is 2. The van der Waals surface area contributed by atoms with Crippen molar-refractivity contribution in [3.63, 3.8) is 0 Å². The summed E-state index contributed by atoms with van der Waals surface area (Å²) in [6.45, 7) is 6.19. The van der Waals surface area contributed by atoms with Crippen LogP contribution in [0.5, 0.6) is 5.75 Å². The van der Waals surface area contributed by atoms with Gasteiger partial charge in [0.15, 0.2) is 11.6 Å². The summed E-state index contributed by atoms with van der Waals surface area (Å²) >= 11 is 0. The third kappa shape index (κ3) is 6.55. The van der Waals surface area contributed by atoms with E-state index in [0.29, 0.717) is 31.7 Å². The zero-order valence-electron chi connectivity index (χ0n) is 20.3. The molecule has 0 spiro atoms. The van der Waals surface area contributed by atoms with Crippen molar-refractivity contribution in [2.24, 2.45) is 5.92 Å². The van der Waals surface area contributed by atoms with Gasteiger partial charge in [0.05, 0.1) is 12.7 Å². The van der Waals surface area contributed by atoms with Crippen molar-refractivity contribution in [1.29, 1.82) is 0 Å². The predicted molar refractivity (Wildman–Crippen MR) is 128 cm³/mol. The highest BCUT2D eigenvalue weighted by Crippen LogP contribution is 2.30. The highest BCUT2D eigenvalue weighted by molar-refractivity contribution is 5.95. The molecule has 1 amide bonds.